The van der Waals surface area contributed by atoms with Gasteiger partial charge in [-0.05, 0) is 90.5 Å². The van der Waals surface area contributed by atoms with E-state index in [4.69, 9.17) is 0 Å². The first-order valence-corrected chi connectivity index (χ1v) is 13.4. The van der Waals surface area contributed by atoms with E-state index in [0.29, 0.717) is 0 Å². The second-order valence-electron chi connectivity index (χ2n) is 9.46. The molecule has 194 valence electrons. The summed E-state index contributed by atoms with van der Waals surface area (Å²) in [6.45, 7) is 4.40. The minimum atomic E-state index is -0.414. The fraction of sp³-hybridized carbons (Fsp3) is 0.333. The van der Waals surface area contributed by atoms with E-state index in [1.165, 1.54) is 60.1 Å². The van der Waals surface area contributed by atoms with Crippen molar-refractivity contribution in [2.24, 2.45) is 0 Å². The maximum Gasteiger partial charge on any atom is 0.212 e. The van der Waals surface area contributed by atoms with Crippen molar-refractivity contribution in [3.63, 3.8) is 0 Å². The summed E-state index contributed by atoms with van der Waals surface area (Å²) in [5.41, 5.74) is 7.60. The van der Waals surface area contributed by atoms with Gasteiger partial charge in [0.15, 0.2) is 0 Å². The molecular formula is C33H38F2N2. The molecule has 4 aromatic rings. The van der Waals surface area contributed by atoms with Crippen LogP contribution in [0.2, 0.25) is 0 Å². The van der Waals surface area contributed by atoms with Gasteiger partial charge in [-0.15, -0.1) is 0 Å². The molecule has 0 aliphatic carbocycles. The van der Waals surface area contributed by atoms with Crippen molar-refractivity contribution in [1.82, 2.24) is 9.97 Å². The minimum absolute atomic E-state index is 0.413. The molecule has 0 fully saturated rings. The van der Waals surface area contributed by atoms with Gasteiger partial charge in [-0.25, -0.2) is 9.97 Å². The number of hydrogen-bond acceptors (Lipinski definition) is 2. The highest BCUT2D eigenvalue weighted by molar-refractivity contribution is 5.25. The van der Waals surface area contributed by atoms with E-state index in [2.05, 4.69) is 72.3 Å². The topological polar surface area (TPSA) is 25.8 Å². The highest BCUT2D eigenvalue weighted by Crippen LogP contribution is 2.12. The van der Waals surface area contributed by atoms with Gasteiger partial charge < -0.3 is 0 Å². The second kappa shape index (κ2) is 15.7. The minimum Gasteiger partial charge on any atom is -0.228 e. The number of benzene rings is 2. The van der Waals surface area contributed by atoms with Crippen molar-refractivity contribution in [3.05, 3.63) is 130 Å². The summed E-state index contributed by atoms with van der Waals surface area (Å²) in [5.74, 6) is -0.827. The smallest absolute Gasteiger partial charge is 0.212 e. The Bertz CT molecular complexity index is 1150. The number of rotatable bonds is 11. The van der Waals surface area contributed by atoms with Crippen LogP contribution in [0.4, 0.5) is 8.78 Å². The molecule has 4 heteroatoms. The number of aryl methyl sites for hydroxylation is 6. The van der Waals surface area contributed by atoms with E-state index in [1.54, 1.807) is 24.5 Å². The summed E-state index contributed by atoms with van der Waals surface area (Å²) in [4.78, 5) is 7.34. The van der Waals surface area contributed by atoms with E-state index < -0.39 is 11.9 Å². The molecular weight excluding hydrogens is 462 g/mol. The Morgan fingerprint density at radius 3 is 1.14 bits per heavy atom. The maximum atomic E-state index is 12.7. The number of pyridine rings is 2. The quantitative estimate of drug-likeness (QED) is 0.194. The lowest BCUT2D eigenvalue weighted by Gasteiger charge is -2.04. The van der Waals surface area contributed by atoms with E-state index >= 15 is 0 Å². The average Bonchev–Trinajstić information content (AvgIpc) is 2.93. The van der Waals surface area contributed by atoms with Gasteiger partial charge >= 0.3 is 0 Å². The van der Waals surface area contributed by atoms with Crippen LogP contribution >= 0.6 is 0 Å². The van der Waals surface area contributed by atoms with Gasteiger partial charge in [0.1, 0.15) is 0 Å². The lowest BCUT2D eigenvalue weighted by atomic mass is 10.0. The summed E-state index contributed by atoms with van der Waals surface area (Å²) in [7, 11) is 0. The zero-order chi connectivity index (χ0) is 26.3. The molecule has 0 bridgehead atoms. The molecule has 2 heterocycles. The molecule has 4 rings (SSSR count). The highest BCUT2D eigenvalue weighted by atomic mass is 19.1. The Morgan fingerprint density at radius 2 is 0.784 bits per heavy atom. The molecule has 37 heavy (non-hydrogen) atoms. The van der Waals surface area contributed by atoms with Crippen LogP contribution in [-0.4, -0.2) is 9.97 Å². The SMILES string of the molecule is CCCCc1ccc(CCc2ccc(F)nc2)cc1.CCCc1ccc(CCc2ccc(F)nc2)cc1. The van der Waals surface area contributed by atoms with Crippen molar-refractivity contribution in [2.75, 3.05) is 0 Å². The molecule has 0 amide bonds. The molecule has 0 spiro atoms. The molecule has 0 saturated carbocycles. The lowest BCUT2D eigenvalue weighted by molar-refractivity contribution is 0.581. The van der Waals surface area contributed by atoms with Crippen LogP contribution < -0.4 is 0 Å². The number of nitrogens with zero attached hydrogens (tertiary/aromatic N) is 2. The van der Waals surface area contributed by atoms with Crippen molar-refractivity contribution in [2.45, 2.75) is 71.6 Å². The Hall–Kier alpha value is -3.40. The summed E-state index contributed by atoms with van der Waals surface area (Å²) in [6, 6.07) is 24.0. The Balaban J connectivity index is 0.000000206. The summed E-state index contributed by atoms with van der Waals surface area (Å²) in [6.07, 6.45) is 13.0. The number of halogens is 2. The van der Waals surface area contributed by atoms with Crippen LogP contribution in [0.3, 0.4) is 0 Å². The molecule has 0 aliphatic rings. The van der Waals surface area contributed by atoms with E-state index in [0.717, 1.165) is 43.2 Å². The Morgan fingerprint density at radius 1 is 0.432 bits per heavy atom. The van der Waals surface area contributed by atoms with Crippen molar-refractivity contribution in [1.29, 1.82) is 0 Å². The molecule has 2 aromatic heterocycles. The van der Waals surface area contributed by atoms with Crippen molar-refractivity contribution >= 4 is 0 Å². The lowest BCUT2D eigenvalue weighted by Crippen LogP contribution is -1.94. The third-order valence-electron chi connectivity index (χ3n) is 6.39. The van der Waals surface area contributed by atoms with Gasteiger partial charge in [-0.1, -0.05) is 87.4 Å². The Labute approximate surface area is 220 Å². The molecule has 0 N–H and O–H groups in total. The van der Waals surface area contributed by atoms with E-state index in [9.17, 15) is 8.78 Å². The highest BCUT2D eigenvalue weighted by Gasteiger charge is 2.00. The monoisotopic (exact) mass is 500 g/mol. The van der Waals surface area contributed by atoms with Gasteiger partial charge in [0.05, 0.1) is 0 Å². The van der Waals surface area contributed by atoms with E-state index in [-0.39, 0.29) is 0 Å². The summed E-state index contributed by atoms with van der Waals surface area (Å²) >= 11 is 0. The standard InChI is InChI=1S/C17H20FN.C16H18FN/c1-2-3-4-14-5-7-15(8-6-14)9-10-16-11-12-17(18)19-13-16;1-2-3-13-4-6-14(7-5-13)8-9-15-10-11-16(17)18-12-15/h5-8,11-13H,2-4,9-10H2,1H3;4-7,10-12H,2-3,8-9H2,1H3. The number of aromatic nitrogens is 2. The van der Waals surface area contributed by atoms with Crippen LogP contribution in [0.15, 0.2) is 85.2 Å². The maximum absolute atomic E-state index is 12.7. The first-order chi connectivity index (χ1) is 18.1. The third-order valence-corrected chi connectivity index (χ3v) is 6.39. The molecule has 0 radical (unpaired) electrons. The molecule has 0 saturated heterocycles. The van der Waals surface area contributed by atoms with Gasteiger partial charge in [-0.2, -0.15) is 8.78 Å². The van der Waals surface area contributed by atoms with Gasteiger partial charge in [0.2, 0.25) is 11.9 Å². The zero-order valence-corrected chi connectivity index (χ0v) is 22.1. The second-order valence-corrected chi connectivity index (χ2v) is 9.46. The third kappa shape index (κ3) is 10.6. The molecule has 0 atom stereocenters. The van der Waals surface area contributed by atoms with Crippen LogP contribution in [0.25, 0.3) is 0 Å². The fourth-order valence-corrected chi connectivity index (χ4v) is 4.10. The molecule has 0 unspecified atom stereocenters. The predicted molar refractivity (Wildman–Crippen MR) is 149 cm³/mol. The molecule has 2 nitrogen and oxygen atoms in total. The largest absolute Gasteiger partial charge is 0.228 e. The van der Waals surface area contributed by atoms with Crippen LogP contribution in [0.1, 0.15) is 66.5 Å². The summed E-state index contributed by atoms with van der Waals surface area (Å²) in [5, 5.41) is 0. The van der Waals surface area contributed by atoms with Gasteiger partial charge in [-0.3, -0.25) is 0 Å². The summed E-state index contributed by atoms with van der Waals surface area (Å²) < 4.78 is 25.3. The van der Waals surface area contributed by atoms with Crippen LogP contribution in [-0.2, 0) is 38.5 Å². The number of hydrogen-bond donors (Lipinski definition) is 0. The normalized spacial score (nSPS) is 10.6. The molecule has 2 aromatic carbocycles. The predicted octanol–water partition coefficient (Wildman–Crippen LogP) is 8.31. The van der Waals surface area contributed by atoms with Crippen LogP contribution in [0, 0.1) is 11.9 Å². The van der Waals surface area contributed by atoms with Crippen molar-refractivity contribution in [3.8, 4) is 0 Å². The van der Waals surface area contributed by atoms with Gasteiger partial charge in [0, 0.05) is 12.4 Å². The number of unbranched alkanes of at least 4 members (excludes halogenated alkanes) is 1. The first kappa shape index (κ1) is 28.2. The van der Waals surface area contributed by atoms with Gasteiger partial charge in [0.25, 0.3) is 0 Å². The van der Waals surface area contributed by atoms with E-state index in [1.807, 2.05) is 0 Å². The van der Waals surface area contributed by atoms with Crippen LogP contribution in [0.5, 0.6) is 0 Å². The van der Waals surface area contributed by atoms with Crippen molar-refractivity contribution < 1.29 is 8.78 Å². The molecule has 0 aliphatic heterocycles. The zero-order valence-electron chi connectivity index (χ0n) is 22.1. The Kier molecular flexibility index (Phi) is 11.9. The fourth-order valence-electron chi connectivity index (χ4n) is 4.10. The first-order valence-electron chi connectivity index (χ1n) is 13.4. The average molecular weight is 501 g/mol.